The van der Waals surface area contributed by atoms with E-state index in [-0.39, 0.29) is 11.5 Å². The van der Waals surface area contributed by atoms with E-state index in [9.17, 15) is 9.59 Å². The fourth-order valence-corrected chi connectivity index (χ4v) is 1.27. The summed E-state index contributed by atoms with van der Waals surface area (Å²) in [5, 5.41) is 4.04. The number of aromatic nitrogens is 2. The second-order valence-electron chi connectivity index (χ2n) is 3.60. The van der Waals surface area contributed by atoms with Gasteiger partial charge in [-0.2, -0.15) is 5.10 Å². The van der Waals surface area contributed by atoms with E-state index in [0.29, 0.717) is 18.8 Å². The first-order chi connectivity index (χ1) is 7.60. The van der Waals surface area contributed by atoms with Gasteiger partial charge in [0.15, 0.2) is 0 Å². The van der Waals surface area contributed by atoms with Gasteiger partial charge in [0.05, 0.1) is 0 Å². The number of carbonyl (C=O) groups is 1. The number of rotatable bonds is 4. The molecular formula is C11H17N3O2. The highest BCUT2D eigenvalue weighted by Crippen LogP contribution is 1.97. The maximum absolute atomic E-state index is 11.8. The van der Waals surface area contributed by atoms with Gasteiger partial charge in [-0.25, -0.2) is 4.68 Å². The molecule has 5 nitrogen and oxygen atoms in total. The molecule has 88 valence electrons. The first-order valence-electron chi connectivity index (χ1n) is 5.43. The van der Waals surface area contributed by atoms with Crippen molar-refractivity contribution in [3.05, 3.63) is 28.2 Å². The average Bonchev–Trinajstić information content (AvgIpc) is 2.30. The van der Waals surface area contributed by atoms with E-state index in [1.807, 2.05) is 13.8 Å². The number of aryl methyl sites for hydroxylation is 1. The Morgan fingerprint density at radius 3 is 2.69 bits per heavy atom. The summed E-state index contributed by atoms with van der Waals surface area (Å²) in [6, 6.07) is 2.86. The molecule has 0 saturated carbocycles. The van der Waals surface area contributed by atoms with Gasteiger partial charge in [-0.1, -0.05) is 6.92 Å². The number of nitrogens with zero attached hydrogens (tertiary/aromatic N) is 3. The van der Waals surface area contributed by atoms with Crippen molar-refractivity contribution >= 4 is 5.91 Å². The predicted octanol–water partition coefficient (Wildman–Crippen LogP) is 0.745. The number of carbonyl (C=O) groups excluding carboxylic acids is 1. The molecule has 0 radical (unpaired) electrons. The fraction of sp³-hybridized carbons (Fsp3) is 0.545. The zero-order chi connectivity index (χ0) is 12.1. The van der Waals surface area contributed by atoms with E-state index in [1.54, 1.807) is 11.9 Å². The van der Waals surface area contributed by atoms with E-state index in [1.165, 1.54) is 16.8 Å². The lowest BCUT2D eigenvalue weighted by molar-refractivity contribution is 0.0793. The van der Waals surface area contributed by atoms with Crippen molar-refractivity contribution in [2.24, 2.45) is 0 Å². The van der Waals surface area contributed by atoms with Crippen LogP contribution in [-0.2, 0) is 6.54 Å². The maximum atomic E-state index is 11.8. The Morgan fingerprint density at radius 1 is 1.44 bits per heavy atom. The number of hydrogen-bond donors (Lipinski definition) is 0. The van der Waals surface area contributed by atoms with Crippen LogP contribution in [-0.4, -0.2) is 34.2 Å². The average molecular weight is 223 g/mol. The van der Waals surface area contributed by atoms with Gasteiger partial charge < -0.3 is 4.90 Å². The predicted molar refractivity (Wildman–Crippen MR) is 61.4 cm³/mol. The van der Waals surface area contributed by atoms with Gasteiger partial charge in [-0.15, -0.1) is 0 Å². The SMILES string of the molecule is CCCn1nc(C(=O)N(C)CC)ccc1=O. The van der Waals surface area contributed by atoms with Gasteiger partial charge in [0.1, 0.15) is 5.69 Å². The Hall–Kier alpha value is -1.65. The van der Waals surface area contributed by atoms with Crippen molar-refractivity contribution < 1.29 is 4.79 Å². The molecule has 0 spiro atoms. The minimum atomic E-state index is -0.169. The van der Waals surface area contributed by atoms with Crippen LogP contribution in [0, 0.1) is 0 Å². The van der Waals surface area contributed by atoms with Crippen LogP contribution in [0.15, 0.2) is 16.9 Å². The van der Waals surface area contributed by atoms with Crippen LogP contribution in [0.5, 0.6) is 0 Å². The Labute approximate surface area is 94.7 Å². The molecule has 1 aromatic heterocycles. The molecule has 0 aliphatic carbocycles. The first-order valence-corrected chi connectivity index (χ1v) is 5.43. The lowest BCUT2D eigenvalue weighted by Crippen LogP contribution is -2.31. The van der Waals surface area contributed by atoms with Crippen LogP contribution >= 0.6 is 0 Å². The second-order valence-corrected chi connectivity index (χ2v) is 3.60. The fourth-order valence-electron chi connectivity index (χ4n) is 1.27. The molecule has 0 atom stereocenters. The summed E-state index contributed by atoms with van der Waals surface area (Å²) >= 11 is 0. The summed E-state index contributed by atoms with van der Waals surface area (Å²) in [5.74, 6) is -0.160. The summed E-state index contributed by atoms with van der Waals surface area (Å²) in [6.07, 6.45) is 0.814. The highest BCUT2D eigenvalue weighted by atomic mass is 16.2. The van der Waals surface area contributed by atoms with Gasteiger partial charge >= 0.3 is 0 Å². The highest BCUT2D eigenvalue weighted by molar-refractivity contribution is 5.91. The summed E-state index contributed by atoms with van der Waals surface area (Å²) in [5.41, 5.74) is 0.148. The molecule has 1 amide bonds. The molecule has 0 bridgehead atoms. The summed E-state index contributed by atoms with van der Waals surface area (Å²) in [4.78, 5) is 24.7. The van der Waals surface area contributed by atoms with Crippen LogP contribution in [0.25, 0.3) is 0 Å². The second kappa shape index (κ2) is 5.44. The Kier molecular flexibility index (Phi) is 4.22. The molecule has 16 heavy (non-hydrogen) atoms. The van der Waals surface area contributed by atoms with Crippen LogP contribution in [0.1, 0.15) is 30.8 Å². The minimum Gasteiger partial charge on any atom is -0.341 e. The zero-order valence-corrected chi connectivity index (χ0v) is 9.93. The Balaban J connectivity index is 3.03. The summed E-state index contributed by atoms with van der Waals surface area (Å²) in [7, 11) is 1.71. The standard InChI is InChI=1S/C11H17N3O2/c1-4-8-14-10(15)7-6-9(12-14)11(16)13(3)5-2/h6-7H,4-5,8H2,1-3H3. The van der Waals surface area contributed by atoms with Crippen molar-refractivity contribution in [3.8, 4) is 0 Å². The third-order valence-electron chi connectivity index (χ3n) is 2.34. The molecule has 0 aromatic carbocycles. The molecule has 5 heteroatoms. The van der Waals surface area contributed by atoms with Crippen molar-refractivity contribution in [2.45, 2.75) is 26.8 Å². The van der Waals surface area contributed by atoms with Crippen LogP contribution in [0.4, 0.5) is 0 Å². The van der Waals surface area contributed by atoms with Gasteiger partial charge in [0.2, 0.25) is 0 Å². The van der Waals surface area contributed by atoms with Gasteiger partial charge in [0.25, 0.3) is 11.5 Å². The van der Waals surface area contributed by atoms with Gasteiger partial charge in [-0.3, -0.25) is 9.59 Å². The van der Waals surface area contributed by atoms with Gasteiger partial charge in [-0.05, 0) is 19.4 Å². The monoisotopic (exact) mass is 223 g/mol. The topological polar surface area (TPSA) is 55.2 Å². The molecular weight excluding hydrogens is 206 g/mol. The van der Waals surface area contributed by atoms with E-state index >= 15 is 0 Å². The molecule has 0 N–H and O–H groups in total. The summed E-state index contributed by atoms with van der Waals surface area (Å²) in [6.45, 7) is 5.00. The van der Waals surface area contributed by atoms with Crippen LogP contribution < -0.4 is 5.56 Å². The zero-order valence-electron chi connectivity index (χ0n) is 9.93. The molecule has 0 aliphatic heterocycles. The Morgan fingerprint density at radius 2 is 2.12 bits per heavy atom. The van der Waals surface area contributed by atoms with E-state index in [4.69, 9.17) is 0 Å². The number of amides is 1. The van der Waals surface area contributed by atoms with Gasteiger partial charge in [0, 0.05) is 26.2 Å². The quantitative estimate of drug-likeness (QED) is 0.756. The molecule has 0 aliphatic rings. The lowest BCUT2D eigenvalue weighted by Gasteiger charge is -2.14. The van der Waals surface area contributed by atoms with E-state index in [2.05, 4.69) is 5.10 Å². The van der Waals surface area contributed by atoms with Crippen molar-refractivity contribution in [1.82, 2.24) is 14.7 Å². The van der Waals surface area contributed by atoms with Crippen LogP contribution in [0.3, 0.4) is 0 Å². The van der Waals surface area contributed by atoms with Crippen molar-refractivity contribution in [2.75, 3.05) is 13.6 Å². The van der Waals surface area contributed by atoms with E-state index < -0.39 is 0 Å². The third kappa shape index (κ3) is 2.68. The molecule has 1 heterocycles. The number of hydrogen-bond acceptors (Lipinski definition) is 3. The van der Waals surface area contributed by atoms with E-state index in [0.717, 1.165) is 6.42 Å². The highest BCUT2D eigenvalue weighted by Gasteiger charge is 2.12. The normalized spacial score (nSPS) is 10.2. The Bertz CT molecular complexity index is 425. The molecule has 1 aromatic rings. The lowest BCUT2D eigenvalue weighted by atomic mass is 10.3. The molecule has 0 saturated heterocycles. The smallest absolute Gasteiger partial charge is 0.274 e. The summed E-state index contributed by atoms with van der Waals surface area (Å²) < 4.78 is 1.33. The van der Waals surface area contributed by atoms with Crippen LogP contribution in [0.2, 0.25) is 0 Å². The third-order valence-corrected chi connectivity index (χ3v) is 2.34. The van der Waals surface area contributed by atoms with Crippen molar-refractivity contribution in [1.29, 1.82) is 0 Å². The molecule has 1 rings (SSSR count). The molecule has 0 unspecified atom stereocenters. The minimum absolute atomic E-state index is 0.160. The molecule has 0 fully saturated rings. The largest absolute Gasteiger partial charge is 0.341 e. The van der Waals surface area contributed by atoms with Crippen molar-refractivity contribution in [3.63, 3.8) is 0 Å². The maximum Gasteiger partial charge on any atom is 0.274 e. The first kappa shape index (κ1) is 12.4.